The summed E-state index contributed by atoms with van der Waals surface area (Å²) in [6.45, 7) is 2.15. The van der Waals surface area contributed by atoms with Gasteiger partial charge in [0.2, 0.25) is 0 Å². The molecular weight excluding hydrogens is 375 g/mol. The third-order valence-electron chi connectivity index (χ3n) is 4.74. The summed E-state index contributed by atoms with van der Waals surface area (Å²) in [6.07, 6.45) is 8.98. The fourth-order valence-corrected chi connectivity index (χ4v) is 9.47. The molecule has 1 aromatic carbocycles. The van der Waals surface area contributed by atoms with Crippen molar-refractivity contribution in [1.29, 1.82) is 0 Å². The molecule has 1 aliphatic heterocycles. The van der Waals surface area contributed by atoms with Gasteiger partial charge in [-0.05, 0) is 0 Å². The Labute approximate surface area is 140 Å². The van der Waals surface area contributed by atoms with Gasteiger partial charge in [0.1, 0.15) is 0 Å². The van der Waals surface area contributed by atoms with Crippen LogP contribution in [0.3, 0.4) is 0 Å². The number of hydrogen-bond acceptors (Lipinski definition) is 2. The van der Waals surface area contributed by atoms with Crippen LogP contribution < -0.4 is 8.64 Å². The molecule has 3 nitrogen and oxygen atoms in total. The van der Waals surface area contributed by atoms with Crippen LogP contribution in [0.25, 0.3) is 0 Å². The van der Waals surface area contributed by atoms with E-state index in [1.165, 1.54) is 34.6 Å². The van der Waals surface area contributed by atoms with E-state index in [-0.39, 0.29) is 5.91 Å². The second-order valence-corrected chi connectivity index (χ2v) is 12.6. The normalized spacial score (nSPS) is 17.9. The molecule has 1 aromatic rings. The van der Waals surface area contributed by atoms with E-state index in [4.69, 9.17) is 2.98 Å². The van der Waals surface area contributed by atoms with Crippen LogP contribution in [-0.2, 0) is 4.79 Å². The van der Waals surface area contributed by atoms with Crippen molar-refractivity contribution in [3.63, 3.8) is 0 Å². The first-order valence-electron chi connectivity index (χ1n) is 8.34. The van der Waals surface area contributed by atoms with E-state index >= 15 is 0 Å². The molecule has 0 unspecified atom stereocenters. The Morgan fingerprint density at radius 3 is 2.86 bits per heavy atom. The van der Waals surface area contributed by atoms with E-state index in [1.54, 1.807) is 0 Å². The number of amidine groups is 1. The Hall–Kier alpha value is -1.03. The second-order valence-electron chi connectivity index (χ2n) is 6.41. The zero-order valence-electron chi connectivity index (χ0n) is 13.2. The maximum atomic E-state index is 12.1. The first-order chi connectivity index (χ1) is 10.7. The molecule has 0 radical (unpaired) electrons. The third kappa shape index (κ3) is 4.03. The van der Waals surface area contributed by atoms with Crippen molar-refractivity contribution >= 4 is 36.8 Å². The fourth-order valence-electron chi connectivity index (χ4n) is 3.42. The number of amides is 1. The third-order valence-corrected chi connectivity index (χ3v) is 11.6. The Morgan fingerprint density at radius 1 is 1.32 bits per heavy atom. The van der Waals surface area contributed by atoms with Crippen LogP contribution in [0.4, 0.5) is 0 Å². The Bertz CT molecular complexity index is 603. The Kier molecular flexibility index (Phi) is 5.40. The number of benzene rings is 1. The van der Waals surface area contributed by atoms with Gasteiger partial charge in [0.25, 0.3) is 0 Å². The van der Waals surface area contributed by atoms with Gasteiger partial charge >= 0.3 is 141 Å². The van der Waals surface area contributed by atoms with Gasteiger partial charge in [-0.3, -0.25) is 0 Å². The van der Waals surface area contributed by atoms with Gasteiger partial charge in [-0.2, -0.15) is 0 Å². The molecule has 4 heteroatoms. The van der Waals surface area contributed by atoms with Gasteiger partial charge in [-0.1, -0.05) is 0 Å². The topological polar surface area (TPSA) is 41.5 Å². The summed E-state index contributed by atoms with van der Waals surface area (Å²) in [5.74, 6) is 1.69. The molecule has 0 bridgehead atoms. The van der Waals surface area contributed by atoms with Crippen LogP contribution in [0.1, 0.15) is 44.1 Å². The average molecular weight is 398 g/mol. The molecular formula is C18H23InN2O. The molecule has 1 amide bonds. The van der Waals surface area contributed by atoms with Crippen LogP contribution in [0.5, 0.6) is 0 Å². The fraction of sp³-hybridized carbons (Fsp3) is 0.444. The minimum atomic E-state index is -2.20. The summed E-state index contributed by atoms with van der Waals surface area (Å²) < 4.78 is 8.50. The number of carbonyl (C=O) groups excluding carboxylic acids is 1. The molecule has 1 N–H and O–H groups in total. The molecule has 1 heterocycles. The number of nitrogens with one attached hydrogen (secondary N) is 1. The van der Waals surface area contributed by atoms with Crippen LogP contribution in [0.15, 0.2) is 37.2 Å². The van der Waals surface area contributed by atoms with Crippen LogP contribution in [0, 0.1) is 12.8 Å². The Balaban J connectivity index is 1.53. The maximum absolute atomic E-state index is 12.1. The molecule has 0 aromatic heterocycles. The Morgan fingerprint density at radius 2 is 2.09 bits per heavy atom. The van der Waals surface area contributed by atoms with Crippen molar-refractivity contribution in [2.45, 2.75) is 45.4 Å². The monoisotopic (exact) mass is 398 g/mol. The SMILES string of the molecule is Cc1cccc[c]1[In]1[CH]=CC(NC(=O)CCC2CCCC2)=[N]1. The predicted octanol–water partition coefficient (Wildman–Crippen LogP) is 2.79. The zero-order chi connectivity index (χ0) is 15.4. The molecule has 2 aliphatic rings. The summed E-state index contributed by atoms with van der Waals surface area (Å²) >= 11 is -2.20. The molecule has 0 saturated heterocycles. The standard InChI is InChI=1S/C11H16N2O.C7H7.In/c1-2-10(12)13-11(14)8-7-9-5-3-4-6-9;1-7-5-3-2-4-6-7;/h1-2,9H,3-8H2,(H-,12,13,14);2-5H,1H3;/q-1;;+1. The van der Waals surface area contributed by atoms with Crippen LogP contribution in [-0.4, -0.2) is 33.5 Å². The molecule has 0 spiro atoms. The number of rotatable bonds is 4. The van der Waals surface area contributed by atoms with E-state index in [0.29, 0.717) is 6.42 Å². The summed E-state index contributed by atoms with van der Waals surface area (Å²) in [7, 11) is 0. The summed E-state index contributed by atoms with van der Waals surface area (Å²) in [5.41, 5.74) is 1.32. The summed E-state index contributed by atoms with van der Waals surface area (Å²) in [6, 6.07) is 8.49. The van der Waals surface area contributed by atoms with Gasteiger partial charge in [-0.15, -0.1) is 0 Å². The van der Waals surface area contributed by atoms with Crippen molar-refractivity contribution in [2.24, 2.45) is 8.90 Å². The van der Waals surface area contributed by atoms with E-state index < -0.39 is 21.7 Å². The quantitative estimate of drug-likeness (QED) is 0.833. The first-order valence-corrected chi connectivity index (χ1v) is 13.4. The molecule has 1 fully saturated rings. The van der Waals surface area contributed by atoms with Gasteiger partial charge < -0.3 is 0 Å². The van der Waals surface area contributed by atoms with Crippen molar-refractivity contribution in [3.05, 3.63) is 39.7 Å². The van der Waals surface area contributed by atoms with E-state index in [1.807, 2.05) is 6.08 Å². The average Bonchev–Trinajstić information content (AvgIpc) is 3.17. The van der Waals surface area contributed by atoms with Crippen molar-refractivity contribution < 1.29 is 4.79 Å². The van der Waals surface area contributed by atoms with Crippen molar-refractivity contribution in [2.75, 3.05) is 0 Å². The predicted molar refractivity (Wildman–Crippen MR) is 92.5 cm³/mol. The van der Waals surface area contributed by atoms with E-state index in [9.17, 15) is 4.79 Å². The zero-order valence-corrected chi connectivity index (χ0v) is 16.5. The molecule has 1 saturated carbocycles. The molecule has 1 aliphatic carbocycles. The first kappa shape index (κ1) is 15.9. The molecule has 0 atom stereocenters. The second kappa shape index (κ2) is 7.49. The number of aryl methyl sites for hydroxylation is 1. The molecule has 3 rings (SSSR count). The van der Waals surface area contributed by atoms with Gasteiger partial charge in [0.15, 0.2) is 0 Å². The summed E-state index contributed by atoms with van der Waals surface area (Å²) in [5, 5.41) is 3.00. The van der Waals surface area contributed by atoms with Gasteiger partial charge in [0, 0.05) is 0 Å². The summed E-state index contributed by atoms with van der Waals surface area (Å²) in [4.78, 5) is 12.1. The number of nitrogens with zero attached hydrogens (tertiary/aromatic N) is 1. The number of carbonyl (C=O) groups is 1. The van der Waals surface area contributed by atoms with Gasteiger partial charge in [-0.25, -0.2) is 0 Å². The molecule has 22 heavy (non-hydrogen) atoms. The van der Waals surface area contributed by atoms with E-state index in [0.717, 1.165) is 18.2 Å². The van der Waals surface area contributed by atoms with Crippen LogP contribution >= 0.6 is 0 Å². The number of hydrogen-bond donors (Lipinski definition) is 1. The van der Waals surface area contributed by atoms with Crippen molar-refractivity contribution in [3.8, 4) is 0 Å². The van der Waals surface area contributed by atoms with E-state index in [2.05, 4.69) is 40.3 Å². The van der Waals surface area contributed by atoms with Crippen LogP contribution in [0.2, 0.25) is 0 Å². The van der Waals surface area contributed by atoms with Crippen molar-refractivity contribution in [1.82, 2.24) is 5.32 Å². The van der Waals surface area contributed by atoms with Gasteiger partial charge in [0.05, 0.1) is 0 Å². The molecule has 114 valence electrons. The minimum absolute atomic E-state index is 0.132.